The summed E-state index contributed by atoms with van der Waals surface area (Å²) in [5.74, 6) is 0. The molecule has 0 unspecified atom stereocenters. The van der Waals surface area contributed by atoms with Gasteiger partial charge in [0.25, 0.3) is 0 Å². The van der Waals surface area contributed by atoms with Gasteiger partial charge in [-0.25, -0.2) is 9.78 Å². The Morgan fingerprint density at radius 3 is 2.54 bits per heavy atom. The van der Waals surface area contributed by atoms with Crippen molar-refractivity contribution >= 4 is 28.3 Å². The summed E-state index contributed by atoms with van der Waals surface area (Å²) in [5, 5.41) is 0.387. The predicted octanol–water partition coefficient (Wildman–Crippen LogP) is 3.68. The summed E-state index contributed by atoms with van der Waals surface area (Å²) in [6, 6.07) is 9.20. The number of nitrogens with zero attached hydrogens (tertiary/aromatic N) is 3. The third-order valence-corrected chi connectivity index (χ3v) is 4.15. The van der Waals surface area contributed by atoms with Crippen LogP contribution >= 0.6 is 11.6 Å². The van der Waals surface area contributed by atoms with Crippen LogP contribution in [-0.4, -0.2) is 14.1 Å². The van der Waals surface area contributed by atoms with Crippen LogP contribution in [0.1, 0.15) is 20.8 Å². The molecule has 0 radical (unpaired) electrons. The van der Waals surface area contributed by atoms with E-state index in [1.807, 2.05) is 22.8 Å². The first-order valence-corrected chi connectivity index (χ1v) is 8.17. The number of nitrogen functional groups attached to an aromatic ring is 1. The van der Waals surface area contributed by atoms with Crippen molar-refractivity contribution in [3.8, 4) is 11.3 Å². The summed E-state index contributed by atoms with van der Waals surface area (Å²) in [7, 11) is 1.78. The molecule has 0 aliphatic carbocycles. The molecule has 0 aliphatic rings. The van der Waals surface area contributed by atoms with Crippen LogP contribution in [0.4, 0.5) is 5.69 Å². The highest BCUT2D eigenvalue weighted by molar-refractivity contribution is 6.29. The van der Waals surface area contributed by atoms with Crippen molar-refractivity contribution in [2.75, 3.05) is 5.73 Å². The van der Waals surface area contributed by atoms with Gasteiger partial charge in [0, 0.05) is 19.2 Å². The number of nitrogens with two attached hydrogens (primary N) is 1. The lowest BCUT2D eigenvalue weighted by Gasteiger charge is -2.18. The van der Waals surface area contributed by atoms with Gasteiger partial charge in [0.05, 0.1) is 22.4 Å². The number of fused-ring (bicyclic) bond motifs is 1. The summed E-state index contributed by atoms with van der Waals surface area (Å²) >= 11 is 5.99. The molecule has 0 amide bonds. The van der Waals surface area contributed by atoms with Gasteiger partial charge in [0.1, 0.15) is 5.15 Å². The molecule has 126 valence electrons. The van der Waals surface area contributed by atoms with Crippen LogP contribution in [0.15, 0.2) is 35.1 Å². The van der Waals surface area contributed by atoms with Crippen LogP contribution in [0.3, 0.4) is 0 Å². The third-order valence-electron chi connectivity index (χ3n) is 3.94. The molecule has 0 spiro atoms. The van der Waals surface area contributed by atoms with Gasteiger partial charge in [-0.3, -0.25) is 9.13 Å². The highest BCUT2D eigenvalue weighted by Crippen LogP contribution is 2.29. The van der Waals surface area contributed by atoms with E-state index < -0.39 is 0 Å². The van der Waals surface area contributed by atoms with E-state index in [1.54, 1.807) is 23.7 Å². The Hall–Kier alpha value is -2.27. The minimum absolute atomic E-state index is 0.00964. The Balaban J connectivity index is 2.21. The second-order valence-electron chi connectivity index (χ2n) is 7.26. The fourth-order valence-electron chi connectivity index (χ4n) is 2.86. The molecule has 0 saturated carbocycles. The van der Waals surface area contributed by atoms with Gasteiger partial charge < -0.3 is 5.73 Å². The standard InChI is InChI=1S/C18H21ClN4O/c1-18(2,3)10-23-13-7-5-11(9-14(13)22(4)17(23)24)16-12(20)6-8-15(19)21-16/h5-9H,10,20H2,1-4H3. The number of anilines is 1. The van der Waals surface area contributed by atoms with E-state index in [-0.39, 0.29) is 11.1 Å². The fourth-order valence-corrected chi connectivity index (χ4v) is 3.01. The maximum Gasteiger partial charge on any atom is 0.328 e. The van der Waals surface area contributed by atoms with E-state index in [4.69, 9.17) is 17.3 Å². The quantitative estimate of drug-likeness (QED) is 0.721. The SMILES string of the molecule is Cn1c(=O)n(CC(C)(C)C)c2ccc(-c3nc(Cl)ccc3N)cc21. The summed E-state index contributed by atoms with van der Waals surface area (Å²) in [6.07, 6.45) is 0. The Labute approximate surface area is 145 Å². The van der Waals surface area contributed by atoms with Crippen molar-refractivity contribution < 1.29 is 0 Å². The topological polar surface area (TPSA) is 65.8 Å². The van der Waals surface area contributed by atoms with Crippen molar-refractivity contribution in [1.82, 2.24) is 14.1 Å². The summed E-state index contributed by atoms with van der Waals surface area (Å²) in [4.78, 5) is 16.9. The van der Waals surface area contributed by atoms with E-state index >= 15 is 0 Å². The fraction of sp³-hybridized carbons (Fsp3) is 0.333. The van der Waals surface area contributed by atoms with Crippen LogP contribution in [0.2, 0.25) is 5.15 Å². The number of rotatable bonds is 2. The van der Waals surface area contributed by atoms with E-state index in [1.165, 1.54) is 0 Å². The molecule has 24 heavy (non-hydrogen) atoms. The molecule has 3 rings (SSSR count). The molecule has 3 aromatic rings. The molecule has 2 heterocycles. The van der Waals surface area contributed by atoms with E-state index in [0.717, 1.165) is 16.6 Å². The van der Waals surface area contributed by atoms with Gasteiger partial charge in [-0.2, -0.15) is 0 Å². The molecule has 0 fully saturated rings. The molecule has 0 atom stereocenters. The van der Waals surface area contributed by atoms with Crippen molar-refractivity contribution in [3.63, 3.8) is 0 Å². The van der Waals surface area contributed by atoms with Crippen LogP contribution < -0.4 is 11.4 Å². The highest BCUT2D eigenvalue weighted by atomic mass is 35.5. The molecular formula is C18H21ClN4O. The number of aromatic nitrogens is 3. The van der Waals surface area contributed by atoms with E-state index in [0.29, 0.717) is 23.1 Å². The first kappa shape index (κ1) is 16.6. The third kappa shape index (κ3) is 2.91. The normalized spacial score (nSPS) is 12.0. The van der Waals surface area contributed by atoms with Crippen LogP contribution in [0.25, 0.3) is 22.3 Å². The molecule has 6 heteroatoms. The van der Waals surface area contributed by atoms with Gasteiger partial charge in [-0.15, -0.1) is 0 Å². The lowest BCUT2D eigenvalue weighted by atomic mass is 9.97. The number of hydrogen-bond donors (Lipinski definition) is 1. The average molecular weight is 345 g/mol. The number of imidazole rings is 1. The maximum atomic E-state index is 12.6. The minimum Gasteiger partial charge on any atom is -0.397 e. The maximum absolute atomic E-state index is 12.6. The molecular weight excluding hydrogens is 324 g/mol. The highest BCUT2D eigenvalue weighted by Gasteiger charge is 2.18. The molecule has 0 saturated heterocycles. The summed E-state index contributed by atoms with van der Waals surface area (Å²) < 4.78 is 3.47. The Morgan fingerprint density at radius 1 is 1.17 bits per heavy atom. The van der Waals surface area contributed by atoms with Crippen molar-refractivity contribution in [2.24, 2.45) is 12.5 Å². The van der Waals surface area contributed by atoms with Crippen LogP contribution in [-0.2, 0) is 13.6 Å². The van der Waals surface area contributed by atoms with Crippen molar-refractivity contribution in [1.29, 1.82) is 0 Å². The summed E-state index contributed by atoms with van der Waals surface area (Å²) in [5.41, 5.74) is 9.78. The largest absolute Gasteiger partial charge is 0.397 e. The van der Waals surface area contributed by atoms with Crippen LogP contribution in [0, 0.1) is 5.41 Å². The molecule has 5 nitrogen and oxygen atoms in total. The van der Waals surface area contributed by atoms with Gasteiger partial charge in [0.2, 0.25) is 0 Å². The monoisotopic (exact) mass is 344 g/mol. The molecule has 2 aromatic heterocycles. The average Bonchev–Trinajstić information content (AvgIpc) is 2.73. The lowest BCUT2D eigenvalue weighted by molar-refractivity contribution is 0.342. The smallest absolute Gasteiger partial charge is 0.328 e. The Bertz CT molecular complexity index is 979. The zero-order valence-electron chi connectivity index (χ0n) is 14.3. The number of aryl methyl sites for hydroxylation is 1. The number of halogens is 1. The predicted molar refractivity (Wildman–Crippen MR) is 99.3 cm³/mol. The number of pyridine rings is 1. The Kier molecular flexibility index (Phi) is 3.92. The number of hydrogen-bond acceptors (Lipinski definition) is 3. The van der Waals surface area contributed by atoms with E-state index in [2.05, 4.69) is 25.8 Å². The zero-order chi connectivity index (χ0) is 17.6. The molecule has 2 N–H and O–H groups in total. The minimum atomic E-state index is -0.0240. The Morgan fingerprint density at radius 2 is 1.88 bits per heavy atom. The molecule has 0 bridgehead atoms. The van der Waals surface area contributed by atoms with Crippen molar-refractivity contribution in [3.05, 3.63) is 46.0 Å². The second kappa shape index (κ2) is 5.67. The molecule has 1 aromatic carbocycles. The van der Waals surface area contributed by atoms with Gasteiger partial charge in [-0.1, -0.05) is 38.4 Å². The second-order valence-corrected chi connectivity index (χ2v) is 7.65. The van der Waals surface area contributed by atoms with Gasteiger partial charge in [-0.05, 0) is 29.7 Å². The first-order chi connectivity index (χ1) is 11.2. The first-order valence-electron chi connectivity index (χ1n) is 7.79. The molecule has 0 aliphatic heterocycles. The van der Waals surface area contributed by atoms with Crippen LogP contribution in [0.5, 0.6) is 0 Å². The van der Waals surface area contributed by atoms with Gasteiger partial charge in [0.15, 0.2) is 0 Å². The van der Waals surface area contributed by atoms with Gasteiger partial charge >= 0.3 is 5.69 Å². The van der Waals surface area contributed by atoms with E-state index in [9.17, 15) is 4.79 Å². The summed E-state index contributed by atoms with van der Waals surface area (Å²) in [6.45, 7) is 7.00. The number of benzene rings is 1. The van der Waals surface area contributed by atoms with Crippen molar-refractivity contribution in [2.45, 2.75) is 27.3 Å². The lowest BCUT2D eigenvalue weighted by Crippen LogP contribution is -2.27. The zero-order valence-corrected chi connectivity index (χ0v) is 15.1.